The molecule has 3 rings (SSSR count). The molecule has 1 amide bonds. The highest BCUT2D eigenvalue weighted by Gasteiger charge is 2.74. The van der Waals surface area contributed by atoms with Crippen LogP contribution in [0.25, 0.3) is 10.2 Å². The van der Waals surface area contributed by atoms with E-state index in [2.05, 4.69) is 10.3 Å². The van der Waals surface area contributed by atoms with Crippen molar-refractivity contribution in [2.45, 2.75) is 24.9 Å². The van der Waals surface area contributed by atoms with Crippen LogP contribution in [0.5, 0.6) is 0 Å². The Balaban J connectivity index is 2.01. The van der Waals surface area contributed by atoms with Gasteiger partial charge < -0.3 is 11.1 Å². The van der Waals surface area contributed by atoms with Crippen molar-refractivity contribution in [3.05, 3.63) is 56.6 Å². The number of nitrogens with two attached hydrogens (primary N) is 1. The number of rotatable bonds is 5. The first-order chi connectivity index (χ1) is 15.1. The number of carbonyl (C=O) groups is 1. The Morgan fingerprint density at radius 2 is 1.70 bits per heavy atom. The fourth-order valence-corrected chi connectivity index (χ4v) is 3.90. The van der Waals surface area contributed by atoms with Crippen LogP contribution in [0.1, 0.15) is 20.9 Å². The maximum Gasteiger partial charge on any atom is 0.460 e. The summed E-state index contributed by atoms with van der Waals surface area (Å²) in [5, 5.41) is 13.0. The first kappa shape index (κ1) is 24.2. The van der Waals surface area contributed by atoms with E-state index in [9.17, 15) is 45.6 Å². The Bertz CT molecular complexity index is 1260. The minimum absolute atomic E-state index is 0.0660. The molecule has 3 aromatic rings. The van der Waals surface area contributed by atoms with Gasteiger partial charge in [-0.3, -0.25) is 14.9 Å². The van der Waals surface area contributed by atoms with Gasteiger partial charge in [-0.15, -0.1) is 11.3 Å². The molecule has 0 bridgehead atoms. The largest absolute Gasteiger partial charge is 0.460 e. The second kappa shape index (κ2) is 7.83. The number of nitro groups is 1. The number of non-ortho nitro benzene ring substituents is 1. The van der Waals surface area contributed by atoms with Gasteiger partial charge in [0, 0.05) is 23.2 Å². The molecule has 0 aliphatic carbocycles. The number of alkyl halides is 7. The Labute approximate surface area is 183 Å². The molecule has 0 unspecified atom stereocenters. The third-order valence-corrected chi connectivity index (χ3v) is 5.61. The number of pyridine rings is 1. The normalized spacial score (nSPS) is 12.7. The Kier molecular flexibility index (Phi) is 5.73. The zero-order chi connectivity index (χ0) is 24.9. The van der Waals surface area contributed by atoms with E-state index in [0.29, 0.717) is 17.4 Å². The number of aryl methyl sites for hydroxylation is 1. The lowest BCUT2D eigenvalue weighted by molar-refractivity contribution is -0.384. The van der Waals surface area contributed by atoms with Gasteiger partial charge in [0.1, 0.15) is 15.4 Å². The van der Waals surface area contributed by atoms with E-state index < -0.39 is 39.4 Å². The van der Waals surface area contributed by atoms with E-state index in [0.717, 1.165) is 19.1 Å². The van der Waals surface area contributed by atoms with E-state index in [1.807, 2.05) is 0 Å². The minimum atomic E-state index is -6.54. The van der Waals surface area contributed by atoms with Crippen molar-refractivity contribution in [2.75, 3.05) is 11.1 Å². The van der Waals surface area contributed by atoms with Crippen LogP contribution >= 0.6 is 11.3 Å². The molecule has 0 radical (unpaired) electrons. The average Bonchev–Trinajstić information content (AvgIpc) is 3.04. The quantitative estimate of drug-likeness (QED) is 0.270. The molecule has 1 aromatic carbocycles. The fraction of sp³-hybridized carbons (Fsp3) is 0.222. The molecule has 0 saturated heterocycles. The number of thiophene rings is 1. The van der Waals surface area contributed by atoms with E-state index in [4.69, 9.17) is 5.73 Å². The number of nitrogens with one attached hydrogen (secondary N) is 1. The zero-order valence-electron chi connectivity index (χ0n) is 16.1. The molecule has 0 spiro atoms. The number of halogens is 7. The summed E-state index contributed by atoms with van der Waals surface area (Å²) < 4.78 is 92.6. The second-order valence-electron chi connectivity index (χ2n) is 6.75. The maximum absolute atomic E-state index is 14.1. The molecule has 33 heavy (non-hydrogen) atoms. The van der Waals surface area contributed by atoms with Crippen molar-refractivity contribution in [3.63, 3.8) is 0 Å². The van der Waals surface area contributed by atoms with Gasteiger partial charge in [-0.05, 0) is 30.7 Å². The van der Waals surface area contributed by atoms with Gasteiger partial charge in [-0.1, -0.05) is 0 Å². The molecule has 15 heteroatoms. The van der Waals surface area contributed by atoms with Crippen LogP contribution < -0.4 is 11.1 Å². The number of benzene rings is 1. The Morgan fingerprint density at radius 3 is 2.21 bits per heavy atom. The maximum atomic E-state index is 14.1. The first-order valence-corrected chi connectivity index (χ1v) is 9.48. The van der Waals surface area contributed by atoms with Gasteiger partial charge in [0.05, 0.1) is 10.6 Å². The van der Waals surface area contributed by atoms with Crippen LogP contribution in [0.3, 0.4) is 0 Å². The minimum Gasteiger partial charge on any atom is -0.397 e. The van der Waals surface area contributed by atoms with Crippen molar-refractivity contribution in [1.29, 1.82) is 0 Å². The van der Waals surface area contributed by atoms with Crippen LogP contribution in [0.4, 0.5) is 47.8 Å². The number of aromatic nitrogens is 1. The number of nitrogens with zero attached hydrogens (tertiary/aromatic N) is 2. The van der Waals surface area contributed by atoms with E-state index in [1.54, 1.807) is 0 Å². The molecule has 0 fully saturated rings. The van der Waals surface area contributed by atoms with Crippen molar-refractivity contribution < 1.29 is 40.5 Å². The highest BCUT2D eigenvalue weighted by Crippen LogP contribution is 2.52. The summed E-state index contributed by atoms with van der Waals surface area (Å²) in [5.41, 5.74) is 3.45. The number of anilines is 2. The summed E-state index contributed by atoms with van der Waals surface area (Å²) in [4.78, 5) is 25.1. The number of nitrogen functional groups attached to an aromatic ring is 1. The summed E-state index contributed by atoms with van der Waals surface area (Å²) in [6, 6.07) is 4.97. The molecule has 0 saturated carbocycles. The highest BCUT2D eigenvalue weighted by atomic mass is 32.1. The number of hydrogen-bond donors (Lipinski definition) is 2. The Morgan fingerprint density at radius 1 is 1.12 bits per heavy atom. The van der Waals surface area contributed by atoms with E-state index >= 15 is 0 Å². The van der Waals surface area contributed by atoms with E-state index in [-0.39, 0.29) is 32.9 Å². The predicted molar refractivity (Wildman–Crippen MR) is 105 cm³/mol. The molecule has 0 aliphatic rings. The number of carbonyl (C=O) groups excluding carboxylic acids is 1. The third kappa shape index (κ3) is 4.03. The number of nitro benzene ring substituents is 1. The third-order valence-electron chi connectivity index (χ3n) is 4.51. The van der Waals surface area contributed by atoms with Gasteiger partial charge in [0.2, 0.25) is 0 Å². The number of amides is 1. The lowest BCUT2D eigenvalue weighted by atomic mass is 10.0. The molecule has 2 heterocycles. The number of fused-ring (bicyclic) bond motifs is 1. The zero-order valence-corrected chi connectivity index (χ0v) is 17.0. The second-order valence-corrected chi connectivity index (χ2v) is 7.75. The summed E-state index contributed by atoms with van der Waals surface area (Å²) in [6.07, 6.45) is -6.54. The topological polar surface area (TPSA) is 111 Å². The van der Waals surface area contributed by atoms with Gasteiger partial charge in [-0.25, -0.2) is 4.98 Å². The predicted octanol–water partition coefficient (Wildman–Crippen LogP) is 5.64. The van der Waals surface area contributed by atoms with Crippen molar-refractivity contribution in [1.82, 2.24) is 4.98 Å². The monoisotopic (exact) mass is 496 g/mol. The molecule has 0 aliphatic heterocycles. The highest BCUT2D eigenvalue weighted by molar-refractivity contribution is 7.21. The summed E-state index contributed by atoms with van der Waals surface area (Å²) in [6.45, 7) is 1.14. The van der Waals surface area contributed by atoms with Crippen LogP contribution in [-0.4, -0.2) is 27.9 Å². The molecule has 3 N–H and O–H groups in total. The van der Waals surface area contributed by atoms with Crippen LogP contribution in [0.15, 0.2) is 30.3 Å². The van der Waals surface area contributed by atoms with Gasteiger partial charge in [0.15, 0.2) is 0 Å². The van der Waals surface area contributed by atoms with Crippen molar-refractivity contribution >= 4 is 44.5 Å². The summed E-state index contributed by atoms with van der Waals surface area (Å²) in [5.74, 6) is -13.0. The Hall–Kier alpha value is -3.49. The smallest absolute Gasteiger partial charge is 0.397 e. The van der Waals surface area contributed by atoms with Crippen LogP contribution in [-0.2, 0) is 5.92 Å². The molecular formula is C18H11F7N4O3S. The first-order valence-electron chi connectivity index (χ1n) is 8.66. The lowest BCUT2D eigenvalue weighted by Crippen LogP contribution is -2.50. The van der Waals surface area contributed by atoms with E-state index in [1.165, 1.54) is 12.1 Å². The van der Waals surface area contributed by atoms with Crippen molar-refractivity contribution in [3.8, 4) is 0 Å². The molecule has 0 atom stereocenters. The standard InChI is InChI=1S/C18H11F7N4O3S/c1-7-6-10(16(19,20)17(21,22)18(23,24)25)28-15-11(7)12(26)13(33-15)14(30)27-8-2-4-9(5-3-8)29(31)32/h2-6H,26H2,1H3,(H,27,30). The van der Waals surface area contributed by atoms with Crippen LogP contribution in [0.2, 0.25) is 0 Å². The molecule has 7 nitrogen and oxygen atoms in total. The van der Waals surface area contributed by atoms with Gasteiger partial charge >= 0.3 is 18.0 Å². The fourth-order valence-electron chi connectivity index (χ4n) is 2.83. The molecule has 176 valence electrons. The van der Waals surface area contributed by atoms with Crippen molar-refractivity contribution in [2.24, 2.45) is 0 Å². The summed E-state index contributed by atoms with van der Waals surface area (Å²) >= 11 is 0.406. The lowest BCUT2D eigenvalue weighted by Gasteiger charge is -2.27. The van der Waals surface area contributed by atoms with Gasteiger partial charge in [-0.2, -0.15) is 30.7 Å². The molecular weight excluding hydrogens is 485 g/mol. The average molecular weight is 496 g/mol. The molecule has 2 aromatic heterocycles. The van der Waals surface area contributed by atoms with Gasteiger partial charge in [0.25, 0.3) is 11.6 Å². The SMILES string of the molecule is Cc1cc(C(F)(F)C(F)(F)C(F)(F)F)nc2sc(C(=O)Nc3ccc([N+](=O)[O-])cc3)c(N)c12. The summed E-state index contributed by atoms with van der Waals surface area (Å²) in [7, 11) is 0. The van der Waals surface area contributed by atoms with Crippen LogP contribution in [0, 0.1) is 17.0 Å². The number of hydrogen-bond acceptors (Lipinski definition) is 6.